The molecule has 0 spiro atoms. The van der Waals surface area contributed by atoms with Crippen LogP contribution in [0.2, 0.25) is 0 Å². The third kappa shape index (κ3) is 4.27. The zero-order valence-corrected chi connectivity index (χ0v) is 12.9. The molecule has 1 unspecified atom stereocenters. The Morgan fingerprint density at radius 3 is 2.62 bits per heavy atom. The lowest BCUT2D eigenvalue weighted by Crippen LogP contribution is -2.30. The SMILES string of the molecule is CN(C)C(c1cccc(F)c1)C1CCC(CC=NO)CC1. The lowest BCUT2D eigenvalue weighted by atomic mass is 9.75. The molecule has 21 heavy (non-hydrogen) atoms. The van der Waals surface area contributed by atoms with Crippen molar-refractivity contribution in [3.63, 3.8) is 0 Å². The molecule has 0 aromatic heterocycles. The minimum Gasteiger partial charge on any atom is -0.411 e. The monoisotopic (exact) mass is 292 g/mol. The van der Waals surface area contributed by atoms with E-state index in [-0.39, 0.29) is 11.9 Å². The number of oxime groups is 1. The van der Waals surface area contributed by atoms with Crippen LogP contribution in [0.1, 0.15) is 43.7 Å². The summed E-state index contributed by atoms with van der Waals surface area (Å²) in [6, 6.07) is 7.26. The Bertz CT molecular complexity index is 468. The van der Waals surface area contributed by atoms with E-state index in [2.05, 4.69) is 24.2 Å². The number of rotatable bonds is 5. The molecule has 0 saturated heterocycles. The van der Waals surface area contributed by atoms with Crippen LogP contribution >= 0.6 is 0 Å². The third-order valence-electron chi connectivity index (χ3n) is 4.60. The molecule has 0 amide bonds. The highest BCUT2D eigenvalue weighted by molar-refractivity contribution is 5.56. The predicted octanol–water partition coefficient (Wildman–Crippen LogP) is 4.08. The predicted molar refractivity (Wildman–Crippen MR) is 83.2 cm³/mol. The second-order valence-electron chi connectivity index (χ2n) is 6.28. The normalized spacial score (nSPS) is 24.6. The van der Waals surface area contributed by atoms with Crippen molar-refractivity contribution in [1.29, 1.82) is 0 Å². The van der Waals surface area contributed by atoms with Crippen LogP contribution in [0.5, 0.6) is 0 Å². The van der Waals surface area contributed by atoms with Crippen molar-refractivity contribution >= 4 is 6.21 Å². The van der Waals surface area contributed by atoms with Gasteiger partial charge >= 0.3 is 0 Å². The van der Waals surface area contributed by atoms with E-state index in [0.29, 0.717) is 11.8 Å². The van der Waals surface area contributed by atoms with Gasteiger partial charge in [0.1, 0.15) is 5.82 Å². The van der Waals surface area contributed by atoms with Gasteiger partial charge in [-0.1, -0.05) is 12.1 Å². The molecule has 0 aliphatic heterocycles. The van der Waals surface area contributed by atoms with Crippen LogP contribution in [-0.4, -0.2) is 30.4 Å². The molecule has 1 aliphatic rings. The van der Waals surface area contributed by atoms with E-state index in [1.807, 2.05) is 6.07 Å². The van der Waals surface area contributed by atoms with E-state index in [1.165, 1.54) is 6.07 Å². The summed E-state index contributed by atoms with van der Waals surface area (Å²) in [5, 5.41) is 11.6. The molecule has 4 heteroatoms. The van der Waals surface area contributed by atoms with Crippen LogP contribution in [-0.2, 0) is 0 Å². The van der Waals surface area contributed by atoms with Crippen LogP contribution in [0.25, 0.3) is 0 Å². The first kappa shape index (κ1) is 16.0. The second-order valence-corrected chi connectivity index (χ2v) is 6.28. The van der Waals surface area contributed by atoms with Crippen molar-refractivity contribution in [2.24, 2.45) is 17.0 Å². The molecule has 3 nitrogen and oxygen atoms in total. The second kappa shape index (κ2) is 7.55. The Labute approximate surface area is 126 Å². The van der Waals surface area contributed by atoms with Crippen molar-refractivity contribution in [2.75, 3.05) is 14.1 Å². The van der Waals surface area contributed by atoms with Crippen LogP contribution in [0.3, 0.4) is 0 Å². The number of hydrogen-bond acceptors (Lipinski definition) is 3. The summed E-state index contributed by atoms with van der Waals surface area (Å²) in [5.74, 6) is 1.02. The summed E-state index contributed by atoms with van der Waals surface area (Å²) in [7, 11) is 4.14. The van der Waals surface area contributed by atoms with Crippen molar-refractivity contribution < 1.29 is 9.60 Å². The molecular weight excluding hydrogens is 267 g/mol. The number of benzene rings is 1. The van der Waals surface area contributed by atoms with Gasteiger partial charge in [-0.3, -0.25) is 0 Å². The third-order valence-corrected chi connectivity index (χ3v) is 4.60. The zero-order valence-electron chi connectivity index (χ0n) is 12.9. The Kier molecular flexibility index (Phi) is 5.74. The van der Waals surface area contributed by atoms with Crippen molar-refractivity contribution in [1.82, 2.24) is 4.90 Å². The average Bonchev–Trinajstić information content (AvgIpc) is 2.46. The molecule has 1 aromatic rings. The summed E-state index contributed by atoms with van der Waals surface area (Å²) < 4.78 is 13.5. The zero-order chi connectivity index (χ0) is 15.2. The van der Waals surface area contributed by atoms with Gasteiger partial charge in [0.25, 0.3) is 0 Å². The molecular formula is C17H25FN2O. The highest BCUT2D eigenvalue weighted by Crippen LogP contribution is 2.40. The van der Waals surface area contributed by atoms with Gasteiger partial charge in [-0.25, -0.2) is 4.39 Å². The molecule has 116 valence electrons. The standard InChI is InChI=1S/C17H25FN2O/c1-20(2)17(15-4-3-5-16(18)12-15)14-8-6-13(7-9-14)10-11-19-21/h3-5,11-14,17,21H,6-10H2,1-2H3. The van der Waals surface area contributed by atoms with Gasteiger partial charge in [-0.2, -0.15) is 0 Å². The Morgan fingerprint density at radius 2 is 2.05 bits per heavy atom. The molecule has 1 fully saturated rings. The molecule has 2 rings (SSSR count). The van der Waals surface area contributed by atoms with E-state index in [4.69, 9.17) is 5.21 Å². The van der Waals surface area contributed by atoms with Gasteiger partial charge in [0.15, 0.2) is 0 Å². The quantitative estimate of drug-likeness (QED) is 0.504. The molecule has 1 atom stereocenters. The molecule has 1 aromatic carbocycles. The van der Waals surface area contributed by atoms with E-state index >= 15 is 0 Å². The van der Waals surface area contributed by atoms with E-state index in [0.717, 1.165) is 37.7 Å². The summed E-state index contributed by atoms with van der Waals surface area (Å²) in [5.41, 5.74) is 1.07. The van der Waals surface area contributed by atoms with Crippen LogP contribution in [0, 0.1) is 17.7 Å². The molecule has 0 heterocycles. The number of halogens is 1. The first-order valence-electron chi connectivity index (χ1n) is 7.69. The fraction of sp³-hybridized carbons (Fsp3) is 0.588. The Balaban J connectivity index is 2.04. The van der Waals surface area contributed by atoms with E-state index in [1.54, 1.807) is 18.3 Å². The van der Waals surface area contributed by atoms with Gasteiger partial charge < -0.3 is 10.1 Å². The molecule has 0 radical (unpaired) electrons. The van der Waals surface area contributed by atoms with Crippen LogP contribution in [0.15, 0.2) is 29.4 Å². The Hall–Kier alpha value is -1.42. The smallest absolute Gasteiger partial charge is 0.123 e. The van der Waals surface area contributed by atoms with Gasteiger partial charge in [0, 0.05) is 12.3 Å². The van der Waals surface area contributed by atoms with Crippen molar-refractivity contribution in [3.05, 3.63) is 35.6 Å². The van der Waals surface area contributed by atoms with Gasteiger partial charge in [-0.15, -0.1) is 5.16 Å². The lowest BCUT2D eigenvalue weighted by molar-refractivity contribution is 0.150. The van der Waals surface area contributed by atoms with Crippen LogP contribution in [0.4, 0.5) is 4.39 Å². The van der Waals surface area contributed by atoms with Crippen LogP contribution < -0.4 is 0 Å². The minimum atomic E-state index is -0.160. The van der Waals surface area contributed by atoms with Gasteiger partial charge in [-0.05, 0) is 75.7 Å². The maximum Gasteiger partial charge on any atom is 0.123 e. The van der Waals surface area contributed by atoms with Gasteiger partial charge in [0.2, 0.25) is 0 Å². The van der Waals surface area contributed by atoms with Crippen molar-refractivity contribution in [3.8, 4) is 0 Å². The largest absolute Gasteiger partial charge is 0.411 e. The minimum absolute atomic E-state index is 0.160. The summed E-state index contributed by atoms with van der Waals surface area (Å²) in [6.45, 7) is 0. The van der Waals surface area contributed by atoms with E-state index < -0.39 is 0 Å². The summed E-state index contributed by atoms with van der Waals surface area (Å²) >= 11 is 0. The van der Waals surface area contributed by atoms with Gasteiger partial charge in [0.05, 0.1) is 0 Å². The summed E-state index contributed by atoms with van der Waals surface area (Å²) in [6.07, 6.45) is 7.04. The Morgan fingerprint density at radius 1 is 1.33 bits per heavy atom. The van der Waals surface area contributed by atoms with Crippen molar-refractivity contribution in [2.45, 2.75) is 38.1 Å². The fourth-order valence-electron chi connectivity index (χ4n) is 3.62. The highest BCUT2D eigenvalue weighted by atomic mass is 19.1. The van der Waals surface area contributed by atoms with E-state index in [9.17, 15) is 4.39 Å². The molecule has 1 saturated carbocycles. The molecule has 1 aliphatic carbocycles. The average molecular weight is 292 g/mol. The maximum atomic E-state index is 13.5. The topological polar surface area (TPSA) is 35.8 Å². The summed E-state index contributed by atoms with van der Waals surface area (Å²) in [4.78, 5) is 2.20. The fourth-order valence-corrected chi connectivity index (χ4v) is 3.62. The lowest BCUT2D eigenvalue weighted by Gasteiger charge is -2.37. The maximum absolute atomic E-state index is 13.5. The first-order chi connectivity index (χ1) is 10.1. The molecule has 0 bridgehead atoms. The first-order valence-corrected chi connectivity index (χ1v) is 7.69. The highest BCUT2D eigenvalue weighted by Gasteiger charge is 2.29. The molecule has 1 N–H and O–H groups in total. The number of nitrogens with zero attached hydrogens (tertiary/aromatic N) is 2. The number of hydrogen-bond donors (Lipinski definition) is 1.